The van der Waals surface area contributed by atoms with Gasteiger partial charge in [-0.1, -0.05) is 41.5 Å². The van der Waals surface area contributed by atoms with Crippen LogP contribution in [0.3, 0.4) is 0 Å². The molecule has 0 aromatic carbocycles. The van der Waals surface area contributed by atoms with Crippen molar-refractivity contribution in [1.29, 1.82) is 0 Å². The van der Waals surface area contributed by atoms with Crippen LogP contribution >= 0.6 is 0 Å². The average molecular weight is 168 g/mol. The Morgan fingerprint density at radius 1 is 1.08 bits per heavy atom. The maximum absolute atomic E-state index is 2.47. The molecule has 1 fully saturated rings. The molecule has 0 spiro atoms. The second-order valence-electron chi connectivity index (χ2n) is 5.59. The van der Waals surface area contributed by atoms with Crippen LogP contribution in [0.1, 0.15) is 48.0 Å². The van der Waals surface area contributed by atoms with E-state index in [-0.39, 0.29) is 0 Å². The third kappa shape index (κ3) is 1.53. The van der Waals surface area contributed by atoms with E-state index < -0.39 is 0 Å². The zero-order valence-corrected chi connectivity index (χ0v) is 9.52. The van der Waals surface area contributed by atoms with Gasteiger partial charge in [-0.2, -0.15) is 0 Å². The third-order valence-corrected chi connectivity index (χ3v) is 4.19. The van der Waals surface area contributed by atoms with Crippen LogP contribution in [0.25, 0.3) is 0 Å². The summed E-state index contributed by atoms with van der Waals surface area (Å²) in [6.07, 6.45) is 1.46. The first-order valence-corrected chi connectivity index (χ1v) is 5.39. The molecule has 0 aromatic heterocycles. The van der Waals surface area contributed by atoms with Gasteiger partial charge in [0.1, 0.15) is 0 Å². The van der Waals surface area contributed by atoms with Crippen LogP contribution in [-0.4, -0.2) is 0 Å². The van der Waals surface area contributed by atoms with Gasteiger partial charge in [0.25, 0.3) is 0 Å². The van der Waals surface area contributed by atoms with Crippen molar-refractivity contribution in [2.24, 2.45) is 29.1 Å². The van der Waals surface area contributed by atoms with E-state index in [0.29, 0.717) is 5.41 Å². The van der Waals surface area contributed by atoms with E-state index in [9.17, 15) is 0 Å². The zero-order chi connectivity index (χ0) is 9.52. The molecule has 12 heavy (non-hydrogen) atoms. The Morgan fingerprint density at radius 2 is 1.58 bits per heavy atom. The molecule has 0 unspecified atom stereocenters. The summed E-state index contributed by atoms with van der Waals surface area (Å²) in [5.74, 6) is 3.62. The Morgan fingerprint density at radius 3 is 1.83 bits per heavy atom. The SMILES string of the molecule is CC(C)[C@@H](C)[C@@]1(C)C[C@@H]1C(C)C. The lowest BCUT2D eigenvalue weighted by Gasteiger charge is -2.25. The molecule has 0 amide bonds. The van der Waals surface area contributed by atoms with Crippen LogP contribution < -0.4 is 0 Å². The molecule has 0 bridgehead atoms. The maximum atomic E-state index is 2.47. The summed E-state index contributed by atoms with van der Waals surface area (Å²) in [6.45, 7) is 14.3. The minimum atomic E-state index is 0.669. The zero-order valence-electron chi connectivity index (χ0n) is 9.52. The molecule has 0 aromatic rings. The first kappa shape index (κ1) is 10.1. The first-order valence-electron chi connectivity index (χ1n) is 5.39. The second-order valence-corrected chi connectivity index (χ2v) is 5.59. The van der Waals surface area contributed by atoms with Crippen LogP contribution in [0.2, 0.25) is 0 Å². The fourth-order valence-electron chi connectivity index (χ4n) is 2.70. The quantitative estimate of drug-likeness (QED) is 0.598. The number of hydrogen-bond acceptors (Lipinski definition) is 0. The molecule has 0 heterocycles. The molecule has 1 aliphatic rings. The van der Waals surface area contributed by atoms with E-state index in [1.54, 1.807) is 0 Å². The van der Waals surface area contributed by atoms with Crippen molar-refractivity contribution in [3.05, 3.63) is 0 Å². The minimum Gasteiger partial charge on any atom is -0.0625 e. The van der Waals surface area contributed by atoms with Crippen molar-refractivity contribution in [2.45, 2.75) is 48.0 Å². The summed E-state index contributed by atoms with van der Waals surface area (Å²) in [7, 11) is 0. The monoisotopic (exact) mass is 168 g/mol. The molecule has 3 atom stereocenters. The van der Waals surface area contributed by atoms with Crippen LogP contribution in [0.5, 0.6) is 0 Å². The van der Waals surface area contributed by atoms with E-state index in [4.69, 9.17) is 0 Å². The highest BCUT2D eigenvalue weighted by Crippen LogP contribution is 2.62. The van der Waals surface area contributed by atoms with Crippen molar-refractivity contribution in [1.82, 2.24) is 0 Å². The van der Waals surface area contributed by atoms with Crippen LogP contribution in [0.4, 0.5) is 0 Å². The smallest absolute Gasteiger partial charge is 0.0264 e. The average Bonchev–Trinajstić information content (AvgIpc) is 2.62. The fourth-order valence-corrected chi connectivity index (χ4v) is 2.70. The van der Waals surface area contributed by atoms with Crippen molar-refractivity contribution in [3.63, 3.8) is 0 Å². The predicted molar refractivity (Wildman–Crippen MR) is 55.1 cm³/mol. The number of rotatable bonds is 3. The number of hydrogen-bond donors (Lipinski definition) is 0. The lowest BCUT2D eigenvalue weighted by molar-refractivity contribution is 0.236. The van der Waals surface area contributed by atoms with E-state index in [2.05, 4.69) is 41.5 Å². The van der Waals surface area contributed by atoms with E-state index in [0.717, 1.165) is 23.7 Å². The van der Waals surface area contributed by atoms with Gasteiger partial charge in [0.15, 0.2) is 0 Å². The molecule has 0 N–H and O–H groups in total. The van der Waals surface area contributed by atoms with Gasteiger partial charge in [-0.15, -0.1) is 0 Å². The summed E-state index contributed by atoms with van der Waals surface area (Å²) in [6, 6.07) is 0. The summed E-state index contributed by atoms with van der Waals surface area (Å²) in [5, 5.41) is 0. The van der Waals surface area contributed by atoms with Crippen molar-refractivity contribution in [3.8, 4) is 0 Å². The molecule has 72 valence electrons. The Labute approximate surface area is 77.7 Å². The van der Waals surface area contributed by atoms with Gasteiger partial charge >= 0.3 is 0 Å². The van der Waals surface area contributed by atoms with Gasteiger partial charge in [-0.05, 0) is 35.5 Å². The largest absolute Gasteiger partial charge is 0.0625 e. The van der Waals surface area contributed by atoms with Crippen LogP contribution in [-0.2, 0) is 0 Å². The third-order valence-electron chi connectivity index (χ3n) is 4.19. The standard InChI is InChI=1S/C12H24/c1-8(2)10(5)12(6)7-11(12)9(3)4/h8-11H,7H2,1-6H3/t10-,11-,12-/m1/s1. The van der Waals surface area contributed by atoms with Crippen molar-refractivity contribution in [2.75, 3.05) is 0 Å². The molecule has 1 aliphatic carbocycles. The normalized spacial score (nSPS) is 37.5. The molecule has 1 saturated carbocycles. The highest BCUT2D eigenvalue weighted by Gasteiger charge is 2.54. The summed E-state index contributed by atoms with van der Waals surface area (Å²) < 4.78 is 0. The molecular weight excluding hydrogens is 144 g/mol. The molecule has 0 aliphatic heterocycles. The molecule has 0 radical (unpaired) electrons. The molecule has 0 heteroatoms. The van der Waals surface area contributed by atoms with Crippen molar-refractivity contribution >= 4 is 0 Å². The Kier molecular flexibility index (Phi) is 2.56. The predicted octanol–water partition coefficient (Wildman–Crippen LogP) is 3.96. The van der Waals surface area contributed by atoms with Crippen LogP contribution in [0.15, 0.2) is 0 Å². The highest BCUT2D eigenvalue weighted by molar-refractivity contribution is 5.03. The summed E-state index contributed by atoms with van der Waals surface area (Å²) in [4.78, 5) is 0. The van der Waals surface area contributed by atoms with Gasteiger partial charge in [0, 0.05) is 0 Å². The van der Waals surface area contributed by atoms with Gasteiger partial charge in [0.2, 0.25) is 0 Å². The molecule has 1 rings (SSSR count). The maximum Gasteiger partial charge on any atom is -0.0264 e. The highest BCUT2D eigenvalue weighted by atomic mass is 14.6. The Balaban J connectivity index is 2.54. The second kappa shape index (κ2) is 3.05. The molecular formula is C12H24. The lowest BCUT2D eigenvalue weighted by atomic mass is 9.80. The molecule has 0 nitrogen and oxygen atoms in total. The van der Waals surface area contributed by atoms with Gasteiger partial charge in [0.05, 0.1) is 0 Å². The van der Waals surface area contributed by atoms with E-state index >= 15 is 0 Å². The van der Waals surface area contributed by atoms with E-state index in [1.165, 1.54) is 6.42 Å². The van der Waals surface area contributed by atoms with Crippen LogP contribution in [0, 0.1) is 29.1 Å². The topological polar surface area (TPSA) is 0 Å². The van der Waals surface area contributed by atoms with E-state index in [1.807, 2.05) is 0 Å². The first-order chi connectivity index (χ1) is 5.39. The van der Waals surface area contributed by atoms with Crippen molar-refractivity contribution < 1.29 is 0 Å². The lowest BCUT2D eigenvalue weighted by Crippen LogP contribution is -2.18. The summed E-state index contributed by atoms with van der Waals surface area (Å²) >= 11 is 0. The fraction of sp³-hybridized carbons (Fsp3) is 1.00. The van der Waals surface area contributed by atoms with Gasteiger partial charge in [-0.25, -0.2) is 0 Å². The Bertz CT molecular complexity index is 157. The summed E-state index contributed by atoms with van der Waals surface area (Å²) in [5.41, 5.74) is 0.669. The van der Waals surface area contributed by atoms with Gasteiger partial charge < -0.3 is 0 Å². The van der Waals surface area contributed by atoms with Gasteiger partial charge in [-0.3, -0.25) is 0 Å². The Hall–Kier alpha value is 0. The minimum absolute atomic E-state index is 0.669. The molecule has 0 saturated heterocycles.